The van der Waals surface area contributed by atoms with E-state index in [4.69, 9.17) is 14.2 Å². The summed E-state index contributed by atoms with van der Waals surface area (Å²) in [6.45, 7) is 1.95. The van der Waals surface area contributed by atoms with Crippen molar-refractivity contribution in [3.63, 3.8) is 0 Å². The van der Waals surface area contributed by atoms with Crippen LogP contribution in [0.3, 0.4) is 0 Å². The normalized spacial score (nSPS) is 19.9. The number of hydrogen-bond acceptors (Lipinski definition) is 4. The number of rotatable bonds is 2. The highest BCUT2D eigenvalue weighted by molar-refractivity contribution is 6.12. The van der Waals surface area contributed by atoms with Crippen molar-refractivity contribution in [1.82, 2.24) is 0 Å². The lowest BCUT2D eigenvalue weighted by Gasteiger charge is -2.22. The van der Waals surface area contributed by atoms with E-state index in [0.717, 1.165) is 16.9 Å². The van der Waals surface area contributed by atoms with Gasteiger partial charge in [-0.1, -0.05) is 18.2 Å². The van der Waals surface area contributed by atoms with Gasteiger partial charge in [0.25, 0.3) is 0 Å². The van der Waals surface area contributed by atoms with Crippen LogP contribution in [-0.4, -0.2) is 19.0 Å². The summed E-state index contributed by atoms with van der Waals surface area (Å²) in [7, 11) is 1.58. The summed E-state index contributed by atoms with van der Waals surface area (Å²) >= 11 is 0. The Morgan fingerprint density at radius 2 is 1.96 bits per heavy atom. The first-order chi connectivity index (χ1) is 11.7. The minimum atomic E-state index is -0.151. The maximum absolute atomic E-state index is 12.5. The second kappa shape index (κ2) is 5.57. The topological polar surface area (TPSA) is 44.8 Å². The van der Waals surface area contributed by atoms with Gasteiger partial charge in [0, 0.05) is 11.6 Å². The van der Waals surface area contributed by atoms with Crippen molar-refractivity contribution in [2.75, 3.05) is 7.11 Å². The number of carbonyl (C=O) groups is 1. The summed E-state index contributed by atoms with van der Waals surface area (Å²) in [4.78, 5) is 12.5. The van der Waals surface area contributed by atoms with Gasteiger partial charge in [0.05, 0.1) is 12.7 Å². The molecule has 0 aliphatic carbocycles. The number of methoxy groups -OCH3 is 1. The van der Waals surface area contributed by atoms with Crippen LogP contribution in [0.4, 0.5) is 0 Å². The first-order valence-electron chi connectivity index (χ1n) is 7.75. The molecule has 2 heterocycles. The van der Waals surface area contributed by atoms with Gasteiger partial charge >= 0.3 is 0 Å². The van der Waals surface area contributed by atoms with Crippen LogP contribution in [0.25, 0.3) is 6.08 Å². The second-order valence-corrected chi connectivity index (χ2v) is 5.74. The second-order valence-electron chi connectivity index (χ2n) is 5.74. The average Bonchev–Trinajstić information content (AvgIpc) is 2.90. The van der Waals surface area contributed by atoms with Crippen molar-refractivity contribution >= 4 is 11.9 Å². The number of ketones is 1. The standard InChI is InChI=1S/C20H16O4/c1-12-14(9-13-5-3-4-6-17(13)23-12)10-19-20(21)16-8-7-15(22-2)11-18(16)24-19/h3-12H,1-2H3. The van der Waals surface area contributed by atoms with Crippen LogP contribution in [0.1, 0.15) is 22.8 Å². The molecule has 1 unspecified atom stereocenters. The molecule has 2 aromatic carbocycles. The van der Waals surface area contributed by atoms with E-state index in [1.807, 2.05) is 37.3 Å². The molecular formula is C20H16O4. The molecule has 24 heavy (non-hydrogen) atoms. The third-order valence-electron chi connectivity index (χ3n) is 4.19. The maximum Gasteiger partial charge on any atom is 0.231 e. The van der Waals surface area contributed by atoms with Gasteiger partial charge < -0.3 is 14.2 Å². The molecule has 2 aromatic rings. The number of allylic oxidation sites excluding steroid dienone is 1. The molecule has 1 atom stereocenters. The molecule has 4 rings (SSSR count). The molecule has 0 bridgehead atoms. The van der Waals surface area contributed by atoms with E-state index in [2.05, 4.69) is 0 Å². The van der Waals surface area contributed by atoms with Crippen LogP contribution in [-0.2, 0) is 0 Å². The zero-order valence-electron chi connectivity index (χ0n) is 13.4. The van der Waals surface area contributed by atoms with Crippen LogP contribution in [0.5, 0.6) is 17.2 Å². The van der Waals surface area contributed by atoms with E-state index in [0.29, 0.717) is 22.8 Å². The van der Waals surface area contributed by atoms with Gasteiger partial charge in [0.1, 0.15) is 23.4 Å². The Morgan fingerprint density at radius 1 is 1.12 bits per heavy atom. The van der Waals surface area contributed by atoms with Gasteiger partial charge in [-0.2, -0.15) is 0 Å². The Morgan fingerprint density at radius 3 is 2.79 bits per heavy atom. The van der Waals surface area contributed by atoms with Crippen molar-refractivity contribution in [3.05, 3.63) is 71.0 Å². The van der Waals surface area contributed by atoms with E-state index >= 15 is 0 Å². The quantitative estimate of drug-likeness (QED) is 0.784. The van der Waals surface area contributed by atoms with Crippen molar-refractivity contribution < 1.29 is 19.0 Å². The van der Waals surface area contributed by atoms with Gasteiger partial charge in [0.15, 0.2) is 5.76 Å². The minimum absolute atomic E-state index is 0.125. The number of benzene rings is 2. The van der Waals surface area contributed by atoms with Crippen molar-refractivity contribution in [3.8, 4) is 17.2 Å². The number of carbonyl (C=O) groups excluding carboxylic acids is 1. The molecule has 4 nitrogen and oxygen atoms in total. The summed E-state index contributed by atoms with van der Waals surface area (Å²) in [5, 5.41) is 0. The van der Waals surface area contributed by atoms with E-state index in [1.54, 1.807) is 31.4 Å². The molecule has 0 saturated carbocycles. The predicted octanol–water partition coefficient (Wildman–Crippen LogP) is 4.02. The Hall–Kier alpha value is -3.01. The van der Waals surface area contributed by atoms with Crippen molar-refractivity contribution in [2.45, 2.75) is 13.0 Å². The largest absolute Gasteiger partial charge is 0.497 e. The van der Waals surface area contributed by atoms with Crippen LogP contribution < -0.4 is 14.2 Å². The molecule has 120 valence electrons. The van der Waals surface area contributed by atoms with Gasteiger partial charge in [-0.15, -0.1) is 0 Å². The number of Topliss-reactive ketones (excluding diaryl/α,β-unsaturated/α-hetero) is 1. The summed E-state index contributed by atoms with van der Waals surface area (Å²) < 4.78 is 16.8. The highest BCUT2D eigenvalue weighted by Gasteiger charge is 2.29. The smallest absolute Gasteiger partial charge is 0.231 e. The highest BCUT2D eigenvalue weighted by atomic mass is 16.5. The average molecular weight is 320 g/mol. The molecule has 0 spiro atoms. The molecule has 0 radical (unpaired) electrons. The van der Waals surface area contributed by atoms with E-state index in [1.165, 1.54) is 0 Å². The van der Waals surface area contributed by atoms with Crippen molar-refractivity contribution in [1.29, 1.82) is 0 Å². The summed E-state index contributed by atoms with van der Waals surface area (Å²) in [5.41, 5.74) is 2.44. The summed E-state index contributed by atoms with van der Waals surface area (Å²) in [6, 6.07) is 13.0. The third-order valence-corrected chi connectivity index (χ3v) is 4.19. The Labute approximate surface area is 140 Å². The Bertz CT molecular complexity index is 892. The van der Waals surface area contributed by atoms with Gasteiger partial charge in [-0.25, -0.2) is 0 Å². The zero-order chi connectivity index (χ0) is 16.7. The lowest BCUT2D eigenvalue weighted by Crippen LogP contribution is -2.18. The van der Waals surface area contributed by atoms with Gasteiger partial charge in [-0.05, 0) is 42.8 Å². The zero-order valence-corrected chi connectivity index (χ0v) is 13.4. The molecular weight excluding hydrogens is 304 g/mol. The fourth-order valence-electron chi connectivity index (χ4n) is 2.87. The lowest BCUT2D eigenvalue weighted by atomic mass is 10.0. The molecule has 4 heteroatoms. The third kappa shape index (κ3) is 2.36. The monoisotopic (exact) mass is 320 g/mol. The van der Waals surface area contributed by atoms with Crippen LogP contribution in [0.15, 0.2) is 59.9 Å². The number of hydrogen-bond donors (Lipinski definition) is 0. The summed E-state index contributed by atoms with van der Waals surface area (Å²) in [5.74, 6) is 2.21. The van der Waals surface area contributed by atoms with Crippen LogP contribution in [0, 0.1) is 0 Å². The van der Waals surface area contributed by atoms with E-state index < -0.39 is 0 Å². The minimum Gasteiger partial charge on any atom is -0.497 e. The highest BCUT2D eigenvalue weighted by Crippen LogP contribution is 2.36. The Balaban J connectivity index is 1.70. The molecule has 0 fully saturated rings. The lowest BCUT2D eigenvalue weighted by molar-refractivity contribution is 0.101. The SMILES string of the molecule is COc1ccc2c(c1)OC(=CC1=Cc3ccccc3OC1C)C2=O. The Kier molecular flexibility index (Phi) is 3.38. The van der Waals surface area contributed by atoms with Crippen molar-refractivity contribution in [2.24, 2.45) is 0 Å². The van der Waals surface area contributed by atoms with Gasteiger partial charge in [0.2, 0.25) is 5.78 Å². The molecule has 2 aliphatic heterocycles. The number of fused-ring (bicyclic) bond motifs is 2. The van der Waals surface area contributed by atoms with E-state index in [9.17, 15) is 4.79 Å². The summed E-state index contributed by atoms with van der Waals surface area (Å²) in [6.07, 6.45) is 3.63. The molecule has 0 saturated heterocycles. The molecule has 2 aliphatic rings. The number of ether oxygens (including phenoxy) is 3. The van der Waals surface area contributed by atoms with Crippen LogP contribution >= 0.6 is 0 Å². The first kappa shape index (κ1) is 14.6. The molecule has 0 amide bonds. The van der Waals surface area contributed by atoms with Gasteiger partial charge in [-0.3, -0.25) is 4.79 Å². The molecule has 0 aromatic heterocycles. The first-order valence-corrected chi connectivity index (χ1v) is 7.75. The fourth-order valence-corrected chi connectivity index (χ4v) is 2.87. The number of para-hydroxylation sites is 1. The maximum atomic E-state index is 12.5. The van der Waals surface area contributed by atoms with E-state index in [-0.39, 0.29) is 11.9 Å². The molecule has 0 N–H and O–H groups in total. The van der Waals surface area contributed by atoms with Crippen LogP contribution in [0.2, 0.25) is 0 Å². The predicted molar refractivity (Wildman–Crippen MR) is 90.5 cm³/mol. The fraction of sp³-hybridized carbons (Fsp3) is 0.150.